The number of allylic oxidation sites excluding steroid dienone is 2. The zero-order valence-corrected chi connectivity index (χ0v) is 10.9. The summed E-state index contributed by atoms with van der Waals surface area (Å²) in [4.78, 5) is 17.5. The molecular formula is C12H11N2OTe. The fourth-order valence-corrected chi connectivity index (χ4v) is 2.79. The number of benzene rings is 1. The average Bonchev–Trinajstić information content (AvgIpc) is 2.79. The second-order valence-electron chi connectivity index (χ2n) is 3.18. The smallest absolute Gasteiger partial charge is 0.0931 e. The molecule has 0 atom stereocenters. The van der Waals surface area contributed by atoms with Crippen LogP contribution in [0.4, 0.5) is 0 Å². The first-order valence-electron chi connectivity index (χ1n) is 4.92. The first-order chi connectivity index (χ1) is 7.86. The van der Waals surface area contributed by atoms with Gasteiger partial charge in [0.25, 0.3) is 0 Å². The van der Waals surface area contributed by atoms with Crippen LogP contribution in [0.1, 0.15) is 6.42 Å². The van der Waals surface area contributed by atoms with Crippen molar-refractivity contribution in [2.75, 3.05) is 0 Å². The Morgan fingerprint density at radius 1 is 1.31 bits per heavy atom. The molecule has 1 N–H and O–H groups in total. The summed E-state index contributed by atoms with van der Waals surface area (Å²) in [5.74, 6) is 0. The number of aromatic amines is 1. The van der Waals surface area contributed by atoms with E-state index in [9.17, 15) is 4.79 Å². The van der Waals surface area contributed by atoms with Gasteiger partial charge >= 0.3 is 51.7 Å². The van der Waals surface area contributed by atoms with Crippen molar-refractivity contribution < 1.29 is 4.79 Å². The minimum atomic E-state index is -0.350. The summed E-state index contributed by atoms with van der Waals surface area (Å²) in [5, 5.41) is 0. The number of para-hydroxylation sites is 2. The van der Waals surface area contributed by atoms with Gasteiger partial charge in [0.1, 0.15) is 0 Å². The van der Waals surface area contributed by atoms with E-state index in [1.54, 1.807) is 6.33 Å². The van der Waals surface area contributed by atoms with Gasteiger partial charge in [-0.25, -0.2) is 4.98 Å². The van der Waals surface area contributed by atoms with Gasteiger partial charge in [0.15, 0.2) is 0 Å². The van der Waals surface area contributed by atoms with Gasteiger partial charge in [0, 0.05) is 0 Å². The molecule has 3 rings (SSSR count). The molecule has 4 heteroatoms. The first-order valence-corrected chi connectivity index (χ1v) is 7.43. The Bertz CT molecular complexity index is 512. The van der Waals surface area contributed by atoms with Crippen molar-refractivity contribution in [1.29, 1.82) is 0 Å². The molecule has 1 aliphatic heterocycles. The number of fused-ring (bicyclic) bond motifs is 1. The normalized spacial score (nSPS) is 13.6. The molecule has 1 aromatic heterocycles. The molecule has 81 valence electrons. The Hall–Kier alpha value is -1.24. The van der Waals surface area contributed by atoms with E-state index in [0.29, 0.717) is 10.3 Å². The van der Waals surface area contributed by atoms with E-state index in [4.69, 9.17) is 0 Å². The van der Waals surface area contributed by atoms with Crippen molar-refractivity contribution in [3.05, 3.63) is 42.7 Å². The van der Waals surface area contributed by atoms with E-state index < -0.39 is 0 Å². The molecule has 1 aromatic carbocycles. The van der Waals surface area contributed by atoms with Crippen molar-refractivity contribution in [1.82, 2.24) is 9.97 Å². The summed E-state index contributed by atoms with van der Waals surface area (Å²) in [6.45, 7) is 0. The standard InChI is InChI=1S/C7H6N2.C5H5OTe/c1-2-4-7-6(3-1)8-5-9-7;6-5-3-1-2-4-7-5/h1-5H,(H,8,9);1-2,4H,3H2. The van der Waals surface area contributed by atoms with Gasteiger partial charge in [-0.15, -0.1) is 0 Å². The minimum Gasteiger partial charge on any atom is -0.345 e. The molecule has 1 radical (unpaired) electrons. The number of rotatable bonds is 0. The topological polar surface area (TPSA) is 45.8 Å². The maximum Gasteiger partial charge on any atom is 0.0931 e. The molecule has 0 saturated heterocycles. The summed E-state index contributed by atoms with van der Waals surface area (Å²) in [6.07, 6.45) is 6.30. The van der Waals surface area contributed by atoms with Gasteiger partial charge in [-0.2, -0.15) is 0 Å². The van der Waals surface area contributed by atoms with Crippen molar-refractivity contribution >= 4 is 39.4 Å². The Kier molecular flexibility index (Phi) is 4.03. The molecule has 16 heavy (non-hydrogen) atoms. The van der Waals surface area contributed by atoms with Crippen molar-refractivity contribution in [2.45, 2.75) is 6.42 Å². The second-order valence-corrected chi connectivity index (χ2v) is 5.93. The maximum absolute atomic E-state index is 10.4. The molecule has 2 heterocycles. The summed E-state index contributed by atoms with van der Waals surface area (Å²) < 4.78 is 2.46. The molecule has 2 aromatic rings. The number of carbonyl (C=O) groups excluding carboxylic acids is 1. The van der Waals surface area contributed by atoms with Crippen LogP contribution in [0.5, 0.6) is 0 Å². The summed E-state index contributed by atoms with van der Waals surface area (Å²) in [6, 6.07) is 7.94. The molecule has 1 aliphatic rings. The number of imidazole rings is 1. The van der Waals surface area contributed by atoms with Gasteiger partial charge in [-0.1, -0.05) is 12.1 Å². The van der Waals surface area contributed by atoms with E-state index >= 15 is 0 Å². The molecule has 0 aliphatic carbocycles. The van der Waals surface area contributed by atoms with Gasteiger partial charge in [0.2, 0.25) is 0 Å². The number of hydrogen-bond acceptors (Lipinski definition) is 2. The SMILES string of the molecule is O=C1CC=CC=[Te]1.c1ccc2[nH]cnc2c1. The number of aromatic nitrogens is 2. The van der Waals surface area contributed by atoms with Crippen LogP contribution in [0.25, 0.3) is 11.0 Å². The molecule has 3 nitrogen and oxygen atoms in total. The third kappa shape index (κ3) is 3.13. The number of hydrogen-bond donors (Lipinski definition) is 1. The van der Waals surface area contributed by atoms with Crippen molar-refractivity contribution in [2.24, 2.45) is 0 Å². The van der Waals surface area contributed by atoms with Crippen LogP contribution >= 0.6 is 0 Å². The summed E-state index contributed by atoms with van der Waals surface area (Å²) >= 11 is -0.350. The Morgan fingerprint density at radius 3 is 2.81 bits per heavy atom. The molecule has 0 unspecified atom stereocenters. The first kappa shape index (κ1) is 11.3. The Labute approximate surface area is 103 Å². The van der Waals surface area contributed by atoms with E-state index in [2.05, 4.69) is 9.97 Å². The van der Waals surface area contributed by atoms with Crippen LogP contribution in [-0.2, 0) is 4.79 Å². The number of nitrogens with one attached hydrogen (secondary N) is 1. The van der Waals surface area contributed by atoms with Crippen LogP contribution in [0.3, 0.4) is 0 Å². The fraction of sp³-hybridized carbons (Fsp3) is 0.0833. The van der Waals surface area contributed by atoms with E-state index in [-0.39, 0.29) is 20.5 Å². The van der Waals surface area contributed by atoms with E-state index in [1.165, 1.54) is 0 Å². The van der Waals surface area contributed by atoms with Crippen LogP contribution in [0, 0.1) is 0 Å². The number of carbonyl (C=O) groups is 1. The van der Waals surface area contributed by atoms with Crippen LogP contribution in [-0.4, -0.2) is 38.3 Å². The maximum atomic E-state index is 10.4. The van der Waals surface area contributed by atoms with Gasteiger partial charge in [-0.3, -0.25) is 0 Å². The molecule has 0 bridgehead atoms. The van der Waals surface area contributed by atoms with Crippen LogP contribution in [0.2, 0.25) is 0 Å². The summed E-state index contributed by atoms with van der Waals surface area (Å²) in [7, 11) is 0. The minimum absolute atomic E-state index is 0.350. The molecule has 0 saturated carbocycles. The Morgan fingerprint density at radius 2 is 2.19 bits per heavy atom. The third-order valence-electron chi connectivity index (χ3n) is 2.03. The largest absolute Gasteiger partial charge is 0.345 e. The predicted molar refractivity (Wildman–Crippen MR) is 66.7 cm³/mol. The number of nitrogens with zero attached hydrogens (tertiary/aromatic N) is 1. The molecular weight excluding hydrogens is 316 g/mol. The van der Waals surface area contributed by atoms with Gasteiger partial charge < -0.3 is 4.98 Å². The van der Waals surface area contributed by atoms with Gasteiger partial charge in [0.05, 0.1) is 17.4 Å². The van der Waals surface area contributed by atoms with Crippen molar-refractivity contribution in [3.8, 4) is 0 Å². The molecule has 0 fully saturated rings. The zero-order chi connectivity index (χ0) is 11.2. The second kappa shape index (κ2) is 5.74. The zero-order valence-electron chi connectivity index (χ0n) is 8.59. The predicted octanol–water partition coefficient (Wildman–Crippen LogP) is 1.54. The van der Waals surface area contributed by atoms with Gasteiger partial charge in [-0.05, 0) is 12.1 Å². The fourth-order valence-electron chi connectivity index (χ4n) is 1.26. The van der Waals surface area contributed by atoms with E-state index in [0.717, 1.165) is 11.0 Å². The monoisotopic (exact) mass is 329 g/mol. The molecule has 0 amide bonds. The molecule has 0 spiro atoms. The quantitative estimate of drug-likeness (QED) is 0.747. The Balaban J connectivity index is 0.000000125. The van der Waals surface area contributed by atoms with Crippen molar-refractivity contribution in [3.63, 3.8) is 0 Å². The van der Waals surface area contributed by atoms with Crippen LogP contribution < -0.4 is 0 Å². The summed E-state index contributed by atoms with van der Waals surface area (Å²) in [5.41, 5.74) is 2.12. The van der Waals surface area contributed by atoms with E-state index in [1.807, 2.05) is 40.5 Å². The van der Waals surface area contributed by atoms with Crippen LogP contribution in [0.15, 0.2) is 42.7 Å². The average molecular weight is 327 g/mol. The number of H-pyrrole nitrogens is 1. The third-order valence-corrected chi connectivity index (χ3v) is 4.09.